The lowest BCUT2D eigenvalue weighted by Gasteiger charge is -2.15. The van der Waals surface area contributed by atoms with E-state index in [4.69, 9.17) is 0 Å². The second kappa shape index (κ2) is 5.06. The standard InChI is InChI=1S/C17H16Br2/c1-10-7-11(2)17-9-13(19)4-6-15(17)14-5-3-12(18)8-16(10)14/h3-6,8-11H,7H2,1-2H3/t10-,11-/m1/s1. The highest BCUT2D eigenvalue weighted by molar-refractivity contribution is 9.10. The smallest absolute Gasteiger partial charge is 0.0178 e. The van der Waals surface area contributed by atoms with E-state index in [2.05, 4.69) is 82.1 Å². The fourth-order valence-corrected chi connectivity index (χ4v) is 3.92. The second-order valence-corrected chi connectivity index (χ2v) is 7.33. The molecular formula is C17H16Br2. The largest absolute Gasteiger partial charge is 0.0584 e. The van der Waals surface area contributed by atoms with Crippen molar-refractivity contribution in [3.05, 3.63) is 56.5 Å². The van der Waals surface area contributed by atoms with Gasteiger partial charge in [0.05, 0.1) is 0 Å². The van der Waals surface area contributed by atoms with E-state index in [9.17, 15) is 0 Å². The molecule has 0 spiro atoms. The molecule has 0 unspecified atom stereocenters. The molecule has 3 rings (SSSR count). The molecule has 0 heterocycles. The molecule has 2 aromatic carbocycles. The Hall–Kier alpha value is -0.600. The van der Waals surface area contributed by atoms with Crippen molar-refractivity contribution >= 4 is 31.9 Å². The SMILES string of the molecule is C[C@@H]1C[C@@H](C)c2cc(Br)ccc2-c2ccc(Br)cc21. The van der Waals surface area contributed by atoms with Crippen LogP contribution in [0.3, 0.4) is 0 Å². The average molecular weight is 380 g/mol. The van der Waals surface area contributed by atoms with E-state index in [1.54, 1.807) is 0 Å². The maximum Gasteiger partial charge on any atom is 0.0178 e. The maximum absolute atomic E-state index is 3.60. The normalized spacial score (nSPS) is 21.5. The molecule has 0 amide bonds. The summed E-state index contributed by atoms with van der Waals surface area (Å²) in [6.45, 7) is 4.67. The summed E-state index contributed by atoms with van der Waals surface area (Å²) in [5.41, 5.74) is 5.70. The summed E-state index contributed by atoms with van der Waals surface area (Å²) in [7, 11) is 0. The number of hydrogen-bond donors (Lipinski definition) is 0. The molecule has 1 aliphatic carbocycles. The van der Waals surface area contributed by atoms with E-state index in [0.717, 1.165) is 0 Å². The highest BCUT2D eigenvalue weighted by Gasteiger charge is 2.24. The van der Waals surface area contributed by atoms with Crippen molar-refractivity contribution in [1.82, 2.24) is 0 Å². The minimum atomic E-state index is 0.591. The van der Waals surface area contributed by atoms with Gasteiger partial charge in [0.25, 0.3) is 0 Å². The summed E-state index contributed by atoms with van der Waals surface area (Å²) in [4.78, 5) is 0. The van der Waals surface area contributed by atoms with E-state index in [1.807, 2.05) is 0 Å². The van der Waals surface area contributed by atoms with Crippen molar-refractivity contribution in [2.24, 2.45) is 0 Å². The molecule has 98 valence electrons. The van der Waals surface area contributed by atoms with E-state index in [0.29, 0.717) is 11.8 Å². The van der Waals surface area contributed by atoms with Gasteiger partial charge in [-0.05, 0) is 64.8 Å². The minimum absolute atomic E-state index is 0.591. The average Bonchev–Trinajstić information content (AvgIpc) is 2.47. The number of halogens is 2. The molecule has 0 radical (unpaired) electrons. The van der Waals surface area contributed by atoms with Crippen LogP contribution < -0.4 is 0 Å². The summed E-state index contributed by atoms with van der Waals surface area (Å²) >= 11 is 7.21. The predicted molar refractivity (Wildman–Crippen MR) is 88.7 cm³/mol. The van der Waals surface area contributed by atoms with Gasteiger partial charge in [0.2, 0.25) is 0 Å². The van der Waals surface area contributed by atoms with Gasteiger partial charge in [0, 0.05) is 8.95 Å². The Morgan fingerprint density at radius 2 is 1.21 bits per heavy atom. The first-order valence-corrected chi connectivity index (χ1v) is 8.24. The van der Waals surface area contributed by atoms with Gasteiger partial charge in [0.15, 0.2) is 0 Å². The number of fused-ring (bicyclic) bond motifs is 3. The van der Waals surface area contributed by atoms with Crippen molar-refractivity contribution in [1.29, 1.82) is 0 Å². The van der Waals surface area contributed by atoms with E-state index in [1.165, 1.54) is 37.6 Å². The van der Waals surface area contributed by atoms with Gasteiger partial charge in [0.1, 0.15) is 0 Å². The first-order valence-electron chi connectivity index (χ1n) is 6.65. The third kappa shape index (κ3) is 2.41. The summed E-state index contributed by atoms with van der Waals surface area (Å²) in [6, 6.07) is 13.4. The molecule has 0 saturated heterocycles. The van der Waals surface area contributed by atoms with Crippen molar-refractivity contribution in [2.45, 2.75) is 32.1 Å². The van der Waals surface area contributed by atoms with Crippen LogP contribution in [-0.4, -0.2) is 0 Å². The summed E-state index contributed by atoms with van der Waals surface area (Å²) in [5.74, 6) is 1.18. The van der Waals surface area contributed by atoms with Gasteiger partial charge in [-0.2, -0.15) is 0 Å². The highest BCUT2D eigenvalue weighted by atomic mass is 79.9. The predicted octanol–water partition coefficient (Wildman–Crippen LogP) is 6.49. The molecule has 0 N–H and O–H groups in total. The minimum Gasteiger partial charge on any atom is -0.0584 e. The Bertz CT molecular complexity index is 576. The Morgan fingerprint density at radius 3 is 1.63 bits per heavy atom. The Balaban J connectivity index is 2.30. The molecule has 0 fully saturated rings. The third-order valence-electron chi connectivity index (χ3n) is 4.09. The lowest BCUT2D eigenvalue weighted by atomic mass is 9.90. The fraction of sp³-hybridized carbons (Fsp3) is 0.294. The van der Waals surface area contributed by atoms with Crippen LogP contribution in [0.5, 0.6) is 0 Å². The second-order valence-electron chi connectivity index (χ2n) is 5.50. The molecule has 2 heteroatoms. The van der Waals surface area contributed by atoms with Crippen LogP contribution in [0, 0.1) is 0 Å². The van der Waals surface area contributed by atoms with E-state index < -0.39 is 0 Å². The lowest BCUT2D eigenvalue weighted by Crippen LogP contribution is -1.98. The van der Waals surface area contributed by atoms with Crippen LogP contribution >= 0.6 is 31.9 Å². The molecule has 0 aliphatic heterocycles. The Labute approximate surface area is 131 Å². The molecule has 0 aromatic heterocycles. The quantitative estimate of drug-likeness (QED) is 0.490. The molecule has 0 bridgehead atoms. The van der Waals surface area contributed by atoms with Gasteiger partial charge in [-0.25, -0.2) is 0 Å². The van der Waals surface area contributed by atoms with Crippen molar-refractivity contribution in [3.8, 4) is 11.1 Å². The van der Waals surface area contributed by atoms with Crippen LogP contribution in [0.2, 0.25) is 0 Å². The summed E-state index contributed by atoms with van der Waals surface area (Å²) in [6.07, 6.45) is 1.20. The molecule has 1 aliphatic rings. The topological polar surface area (TPSA) is 0 Å². The van der Waals surface area contributed by atoms with E-state index in [-0.39, 0.29) is 0 Å². The van der Waals surface area contributed by atoms with Crippen molar-refractivity contribution in [3.63, 3.8) is 0 Å². The highest BCUT2D eigenvalue weighted by Crippen LogP contribution is 2.44. The Morgan fingerprint density at radius 1 is 0.789 bits per heavy atom. The van der Waals surface area contributed by atoms with Crippen LogP contribution in [0.15, 0.2) is 45.3 Å². The number of benzene rings is 2. The molecule has 0 saturated carbocycles. The van der Waals surface area contributed by atoms with E-state index >= 15 is 0 Å². The lowest BCUT2D eigenvalue weighted by molar-refractivity contribution is 0.601. The van der Waals surface area contributed by atoms with Gasteiger partial charge < -0.3 is 0 Å². The van der Waals surface area contributed by atoms with Crippen molar-refractivity contribution in [2.75, 3.05) is 0 Å². The van der Waals surface area contributed by atoms with Crippen LogP contribution in [0.1, 0.15) is 43.2 Å². The van der Waals surface area contributed by atoms with Gasteiger partial charge in [-0.3, -0.25) is 0 Å². The Kier molecular flexibility index (Phi) is 3.57. The number of hydrogen-bond acceptors (Lipinski definition) is 0. The number of rotatable bonds is 0. The van der Waals surface area contributed by atoms with Crippen LogP contribution in [0.4, 0.5) is 0 Å². The maximum atomic E-state index is 3.60. The molecule has 2 atom stereocenters. The first-order chi connectivity index (χ1) is 9.06. The molecule has 0 nitrogen and oxygen atoms in total. The zero-order valence-corrected chi connectivity index (χ0v) is 14.3. The third-order valence-corrected chi connectivity index (χ3v) is 5.07. The fourth-order valence-electron chi connectivity index (χ4n) is 3.16. The molecule has 19 heavy (non-hydrogen) atoms. The monoisotopic (exact) mass is 378 g/mol. The summed E-state index contributed by atoms with van der Waals surface area (Å²) in [5, 5.41) is 0. The summed E-state index contributed by atoms with van der Waals surface area (Å²) < 4.78 is 2.35. The van der Waals surface area contributed by atoms with Crippen LogP contribution in [0.25, 0.3) is 11.1 Å². The van der Waals surface area contributed by atoms with Gasteiger partial charge in [-0.15, -0.1) is 0 Å². The first kappa shape index (κ1) is 13.4. The molecular weight excluding hydrogens is 364 g/mol. The zero-order valence-electron chi connectivity index (χ0n) is 11.1. The molecule has 2 aromatic rings. The van der Waals surface area contributed by atoms with Gasteiger partial charge >= 0.3 is 0 Å². The van der Waals surface area contributed by atoms with Crippen LogP contribution in [-0.2, 0) is 0 Å². The van der Waals surface area contributed by atoms with Crippen molar-refractivity contribution < 1.29 is 0 Å². The zero-order chi connectivity index (χ0) is 13.6. The van der Waals surface area contributed by atoms with Gasteiger partial charge in [-0.1, -0.05) is 57.8 Å².